The van der Waals surface area contributed by atoms with Crippen LogP contribution in [0.15, 0.2) is 18.2 Å². The van der Waals surface area contributed by atoms with Gasteiger partial charge in [-0.3, -0.25) is 0 Å². The lowest BCUT2D eigenvalue weighted by atomic mass is 9.93. The highest BCUT2D eigenvalue weighted by Gasteiger charge is 2.24. The summed E-state index contributed by atoms with van der Waals surface area (Å²) in [7, 11) is 0. The Morgan fingerprint density at radius 2 is 1.89 bits per heavy atom. The van der Waals surface area contributed by atoms with Crippen LogP contribution in [0.3, 0.4) is 0 Å². The molecule has 1 aromatic carbocycles. The molecule has 0 amide bonds. The van der Waals surface area contributed by atoms with E-state index in [1.54, 1.807) is 6.07 Å². The molecule has 0 bridgehead atoms. The van der Waals surface area contributed by atoms with Crippen molar-refractivity contribution in [1.82, 2.24) is 5.32 Å². The normalized spacial score (nSPS) is 11.6. The molecule has 0 radical (unpaired) electrons. The van der Waals surface area contributed by atoms with E-state index in [4.69, 9.17) is 4.74 Å². The quantitative estimate of drug-likeness (QED) is 0.677. The molecule has 0 unspecified atom stereocenters. The Balaban J connectivity index is 2.80. The van der Waals surface area contributed by atoms with Gasteiger partial charge >= 0.3 is 0 Å². The fourth-order valence-corrected chi connectivity index (χ4v) is 2.04. The van der Waals surface area contributed by atoms with Crippen LogP contribution in [0.25, 0.3) is 0 Å². The van der Waals surface area contributed by atoms with Crippen LogP contribution >= 0.6 is 0 Å². The van der Waals surface area contributed by atoms with Crippen molar-refractivity contribution in [1.29, 1.82) is 0 Å². The first kappa shape index (κ1) is 15.8. The molecule has 0 spiro atoms. The molecular weight excluding hydrogens is 242 g/mol. The minimum Gasteiger partial charge on any atom is -0.504 e. The zero-order valence-corrected chi connectivity index (χ0v) is 12.1. The Morgan fingerprint density at radius 3 is 2.42 bits per heavy atom. The third-order valence-electron chi connectivity index (χ3n) is 3.69. The van der Waals surface area contributed by atoms with E-state index in [2.05, 4.69) is 5.32 Å². The molecule has 1 rings (SSSR count). The van der Waals surface area contributed by atoms with Gasteiger partial charge < -0.3 is 20.3 Å². The van der Waals surface area contributed by atoms with Gasteiger partial charge in [0.15, 0.2) is 11.5 Å². The summed E-state index contributed by atoms with van der Waals surface area (Å²) in [5.41, 5.74) is 0.499. The highest BCUT2D eigenvalue weighted by atomic mass is 16.5. The summed E-state index contributed by atoms with van der Waals surface area (Å²) in [5, 5.41) is 23.0. The molecule has 0 aliphatic carbocycles. The Kier molecular flexibility index (Phi) is 6.12. The number of para-hydroxylation sites is 1. The molecule has 0 heterocycles. The molecule has 4 nitrogen and oxygen atoms in total. The third-order valence-corrected chi connectivity index (χ3v) is 3.69. The number of phenolic OH excluding ortho intramolecular Hbond substituents is 1. The van der Waals surface area contributed by atoms with Crippen LogP contribution in [0.4, 0.5) is 0 Å². The second kappa shape index (κ2) is 7.36. The first-order chi connectivity index (χ1) is 9.12. The van der Waals surface area contributed by atoms with Crippen molar-refractivity contribution >= 4 is 0 Å². The summed E-state index contributed by atoms with van der Waals surface area (Å²) in [4.78, 5) is 0. The largest absolute Gasteiger partial charge is 0.504 e. The monoisotopic (exact) mass is 267 g/mol. The predicted octanol–water partition coefficient (Wildman–Crippen LogP) is 2.43. The van der Waals surface area contributed by atoms with Gasteiger partial charge in [0.1, 0.15) is 0 Å². The summed E-state index contributed by atoms with van der Waals surface area (Å²) in [6.45, 7) is 7.09. The Morgan fingerprint density at radius 1 is 1.21 bits per heavy atom. The molecular formula is C15H25NO3. The van der Waals surface area contributed by atoms with Crippen LogP contribution in [0.5, 0.6) is 11.5 Å². The van der Waals surface area contributed by atoms with E-state index < -0.39 is 0 Å². The fourth-order valence-electron chi connectivity index (χ4n) is 2.04. The Bertz CT molecular complexity index is 381. The maximum atomic E-state index is 10.1. The SMILES string of the molecule is CCOc1cccc(CNC(CC)(CC)CO)c1O. The topological polar surface area (TPSA) is 61.7 Å². The van der Waals surface area contributed by atoms with Crippen LogP contribution < -0.4 is 10.1 Å². The first-order valence-corrected chi connectivity index (χ1v) is 6.92. The zero-order valence-electron chi connectivity index (χ0n) is 12.1. The standard InChI is InChI=1S/C15H25NO3/c1-4-15(5-2,11-17)16-10-12-8-7-9-13(14(12)18)19-6-3/h7-9,16-18H,4-6,10-11H2,1-3H3. The van der Waals surface area contributed by atoms with Crippen molar-refractivity contribution in [2.45, 2.75) is 45.7 Å². The number of aliphatic hydroxyl groups excluding tert-OH is 1. The van der Waals surface area contributed by atoms with Crippen molar-refractivity contribution in [3.05, 3.63) is 23.8 Å². The number of aliphatic hydroxyl groups is 1. The number of aromatic hydroxyl groups is 1. The molecule has 0 aliphatic rings. The highest BCUT2D eigenvalue weighted by molar-refractivity contribution is 5.45. The van der Waals surface area contributed by atoms with Crippen molar-refractivity contribution in [3.8, 4) is 11.5 Å². The minimum atomic E-state index is -0.284. The summed E-state index contributed by atoms with van der Waals surface area (Å²) in [6.07, 6.45) is 1.68. The summed E-state index contributed by atoms with van der Waals surface area (Å²) in [5.74, 6) is 0.681. The molecule has 0 aliphatic heterocycles. The second-order valence-corrected chi connectivity index (χ2v) is 4.70. The lowest BCUT2D eigenvalue weighted by Crippen LogP contribution is -2.47. The van der Waals surface area contributed by atoms with Gasteiger partial charge in [0, 0.05) is 17.6 Å². The maximum absolute atomic E-state index is 10.1. The van der Waals surface area contributed by atoms with Gasteiger partial charge in [-0.15, -0.1) is 0 Å². The third kappa shape index (κ3) is 3.85. The number of ether oxygens (including phenoxy) is 1. The molecule has 0 saturated heterocycles. The summed E-state index contributed by atoms with van der Waals surface area (Å²) >= 11 is 0. The van der Waals surface area contributed by atoms with E-state index in [0.717, 1.165) is 18.4 Å². The van der Waals surface area contributed by atoms with Gasteiger partial charge in [-0.25, -0.2) is 0 Å². The van der Waals surface area contributed by atoms with E-state index in [9.17, 15) is 10.2 Å². The first-order valence-electron chi connectivity index (χ1n) is 6.92. The molecule has 0 aromatic heterocycles. The number of hydrogen-bond donors (Lipinski definition) is 3. The van der Waals surface area contributed by atoms with E-state index in [1.165, 1.54) is 0 Å². The smallest absolute Gasteiger partial charge is 0.162 e. The molecule has 1 aromatic rings. The lowest BCUT2D eigenvalue weighted by Gasteiger charge is -2.31. The van der Waals surface area contributed by atoms with Crippen LogP contribution in [0, 0.1) is 0 Å². The Labute approximate surface area is 115 Å². The molecule has 0 saturated carbocycles. The van der Waals surface area contributed by atoms with E-state index in [1.807, 2.05) is 32.9 Å². The molecule has 0 fully saturated rings. The van der Waals surface area contributed by atoms with Gasteiger partial charge in [-0.05, 0) is 25.8 Å². The van der Waals surface area contributed by atoms with E-state index in [-0.39, 0.29) is 17.9 Å². The van der Waals surface area contributed by atoms with E-state index >= 15 is 0 Å². The summed E-state index contributed by atoms with van der Waals surface area (Å²) in [6, 6.07) is 5.47. The van der Waals surface area contributed by atoms with Gasteiger partial charge in [-0.2, -0.15) is 0 Å². The van der Waals surface area contributed by atoms with Crippen molar-refractivity contribution in [2.75, 3.05) is 13.2 Å². The van der Waals surface area contributed by atoms with Gasteiger partial charge in [0.05, 0.1) is 13.2 Å². The predicted molar refractivity (Wildman–Crippen MR) is 76.5 cm³/mol. The number of rotatable bonds is 8. The number of phenols is 1. The number of benzene rings is 1. The van der Waals surface area contributed by atoms with Crippen LogP contribution in [-0.4, -0.2) is 29.0 Å². The van der Waals surface area contributed by atoms with Crippen LogP contribution in [0.1, 0.15) is 39.2 Å². The Hall–Kier alpha value is -1.26. The minimum absolute atomic E-state index is 0.0892. The average molecular weight is 267 g/mol. The van der Waals surface area contributed by atoms with Crippen LogP contribution in [0.2, 0.25) is 0 Å². The molecule has 4 heteroatoms. The second-order valence-electron chi connectivity index (χ2n) is 4.70. The number of hydrogen-bond acceptors (Lipinski definition) is 4. The molecule has 108 valence electrons. The van der Waals surface area contributed by atoms with Crippen molar-refractivity contribution in [3.63, 3.8) is 0 Å². The van der Waals surface area contributed by atoms with Gasteiger partial charge in [0.2, 0.25) is 0 Å². The number of nitrogens with one attached hydrogen (secondary N) is 1. The van der Waals surface area contributed by atoms with Gasteiger partial charge in [0.25, 0.3) is 0 Å². The summed E-state index contributed by atoms with van der Waals surface area (Å²) < 4.78 is 5.36. The van der Waals surface area contributed by atoms with Crippen molar-refractivity contribution in [2.24, 2.45) is 0 Å². The molecule has 3 N–H and O–H groups in total. The molecule has 0 atom stereocenters. The maximum Gasteiger partial charge on any atom is 0.162 e. The fraction of sp³-hybridized carbons (Fsp3) is 0.600. The zero-order chi connectivity index (χ0) is 14.3. The molecule has 19 heavy (non-hydrogen) atoms. The van der Waals surface area contributed by atoms with Gasteiger partial charge in [-0.1, -0.05) is 26.0 Å². The lowest BCUT2D eigenvalue weighted by molar-refractivity contribution is 0.149. The van der Waals surface area contributed by atoms with Crippen LogP contribution in [-0.2, 0) is 6.54 Å². The highest BCUT2D eigenvalue weighted by Crippen LogP contribution is 2.30. The average Bonchev–Trinajstić information content (AvgIpc) is 2.45. The van der Waals surface area contributed by atoms with Crippen molar-refractivity contribution < 1.29 is 14.9 Å². The van der Waals surface area contributed by atoms with E-state index in [0.29, 0.717) is 18.9 Å².